The highest BCUT2D eigenvalue weighted by Crippen LogP contribution is 2.28. The van der Waals surface area contributed by atoms with Gasteiger partial charge in [0.15, 0.2) is 0 Å². The normalized spacial score (nSPS) is 22.8. The minimum atomic E-state index is -0.412. The van der Waals surface area contributed by atoms with Crippen molar-refractivity contribution in [1.29, 1.82) is 0 Å². The van der Waals surface area contributed by atoms with Gasteiger partial charge in [-0.25, -0.2) is 0 Å². The van der Waals surface area contributed by atoms with Gasteiger partial charge in [-0.1, -0.05) is 18.2 Å². The summed E-state index contributed by atoms with van der Waals surface area (Å²) in [6, 6.07) is 8.71. The Kier molecular flexibility index (Phi) is 4.25. The van der Waals surface area contributed by atoms with E-state index in [0.29, 0.717) is 6.04 Å². The SMILES string of the molecule is C[C@H](O)c1ccccc1N(C)C1CCCN(C)C1. The molecule has 0 amide bonds. The number of piperidine rings is 1. The van der Waals surface area contributed by atoms with E-state index >= 15 is 0 Å². The monoisotopic (exact) mass is 248 g/mol. The second kappa shape index (κ2) is 5.72. The first-order chi connectivity index (χ1) is 8.59. The summed E-state index contributed by atoms with van der Waals surface area (Å²) in [7, 11) is 4.33. The molecule has 0 aliphatic carbocycles. The van der Waals surface area contributed by atoms with Crippen LogP contribution in [0.3, 0.4) is 0 Å². The molecule has 3 nitrogen and oxygen atoms in total. The van der Waals surface area contributed by atoms with Crippen LogP contribution < -0.4 is 4.90 Å². The number of likely N-dealkylation sites (N-methyl/N-ethyl adjacent to an activating group) is 2. The standard InChI is InChI=1S/C15H24N2O/c1-12(18)14-8-4-5-9-15(14)17(3)13-7-6-10-16(2)11-13/h4-5,8-9,12-13,18H,6-7,10-11H2,1-3H3/t12-,13?/m0/s1. The van der Waals surface area contributed by atoms with Gasteiger partial charge in [0.2, 0.25) is 0 Å². The van der Waals surface area contributed by atoms with Gasteiger partial charge in [0, 0.05) is 30.9 Å². The van der Waals surface area contributed by atoms with E-state index in [9.17, 15) is 5.11 Å². The Labute approximate surface area is 110 Å². The Balaban J connectivity index is 2.19. The van der Waals surface area contributed by atoms with Gasteiger partial charge in [-0.3, -0.25) is 0 Å². The van der Waals surface area contributed by atoms with Crippen LogP contribution in [0.2, 0.25) is 0 Å². The maximum Gasteiger partial charge on any atom is 0.0781 e. The fourth-order valence-corrected chi connectivity index (χ4v) is 2.81. The molecule has 2 atom stereocenters. The third kappa shape index (κ3) is 2.85. The summed E-state index contributed by atoms with van der Waals surface area (Å²) in [6.07, 6.45) is 2.07. The van der Waals surface area contributed by atoms with E-state index in [4.69, 9.17) is 0 Å². The second-order valence-corrected chi connectivity index (χ2v) is 5.40. The molecule has 0 spiro atoms. The summed E-state index contributed by atoms with van der Waals surface area (Å²) in [5.74, 6) is 0. The van der Waals surface area contributed by atoms with Gasteiger partial charge in [0.05, 0.1) is 6.10 Å². The summed E-state index contributed by atoms with van der Waals surface area (Å²) < 4.78 is 0. The lowest BCUT2D eigenvalue weighted by atomic mass is 10.0. The van der Waals surface area contributed by atoms with Crippen molar-refractivity contribution in [2.75, 3.05) is 32.1 Å². The Morgan fingerprint density at radius 3 is 2.78 bits per heavy atom. The number of para-hydroxylation sites is 1. The van der Waals surface area contributed by atoms with Crippen LogP contribution in [-0.4, -0.2) is 43.2 Å². The molecule has 2 rings (SSSR count). The number of aliphatic hydroxyl groups excluding tert-OH is 1. The zero-order chi connectivity index (χ0) is 13.1. The molecule has 3 heteroatoms. The van der Waals surface area contributed by atoms with E-state index in [2.05, 4.69) is 30.0 Å². The van der Waals surface area contributed by atoms with E-state index in [1.807, 2.05) is 25.1 Å². The van der Waals surface area contributed by atoms with Crippen LogP contribution in [-0.2, 0) is 0 Å². The number of rotatable bonds is 3. The number of hydrogen-bond acceptors (Lipinski definition) is 3. The van der Waals surface area contributed by atoms with Crippen LogP contribution >= 0.6 is 0 Å². The Morgan fingerprint density at radius 2 is 2.11 bits per heavy atom. The number of hydrogen-bond donors (Lipinski definition) is 1. The van der Waals surface area contributed by atoms with Crippen LogP contribution in [0, 0.1) is 0 Å². The van der Waals surface area contributed by atoms with Crippen molar-refractivity contribution in [3.63, 3.8) is 0 Å². The highest BCUT2D eigenvalue weighted by Gasteiger charge is 2.23. The lowest BCUT2D eigenvalue weighted by Gasteiger charge is -2.38. The van der Waals surface area contributed by atoms with Crippen molar-refractivity contribution in [3.8, 4) is 0 Å². The molecular formula is C15H24N2O. The minimum absolute atomic E-state index is 0.412. The van der Waals surface area contributed by atoms with Crippen LogP contribution in [0.4, 0.5) is 5.69 Å². The largest absolute Gasteiger partial charge is 0.389 e. The molecule has 1 aliphatic heterocycles. The van der Waals surface area contributed by atoms with E-state index in [0.717, 1.165) is 17.8 Å². The molecule has 1 N–H and O–H groups in total. The predicted octanol–water partition coefficient (Wildman–Crippen LogP) is 2.27. The smallest absolute Gasteiger partial charge is 0.0781 e. The van der Waals surface area contributed by atoms with Crippen molar-refractivity contribution in [2.45, 2.75) is 31.9 Å². The summed E-state index contributed by atoms with van der Waals surface area (Å²) in [5.41, 5.74) is 2.18. The van der Waals surface area contributed by atoms with Crippen molar-refractivity contribution in [2.24, 2.45) is 0 Å². The van der Waals surface area contributed by atoms with Gasteiger partial charge in [-0.05, 0) is 39.4 Å². The van der Waals surface area contributed by atoms with Gasteiger partial charge in [0.1, 0.15) is 0 Å². The summed E-state index contributed by atoms with van der Waals surface area (Å²) in [5, 5.41) is 9.87. The van der Waals surface area contributed by atoms with E-state index < -0.39 is 6.10 Å². The van der Waals surface area contributed by atoms with Crippen LogP contribution in [0.25, 0.3) is 0 Å². The van der Waals surface area contributed by atoms with E-state index in [1.54, 1.807) is 0 Å². The Bertz CT molecular complexity index is 392. The van der Waals surface area contributed by atoms with Gasteiger partial charge >= 0.3 is 0 Å². The van der Waals surface area contributed by atoms with Crippen LogP contribution in [0.5, 0.6) is 0 Å². The maximum absolute atomic E-state index is 9.87. The fourth-order valence-electron chi connectivity index (χ4n) is 2.81. The number of benzene rings is 1. The average Bonchev–Trinajstić information content (AvgIpc) is 2.38. The lowest BCUT2D eigenvalue weighted by molar-refractivity contribution is 0.199. The summed E-state index contributed by atoms with van der Waals surface area (Å²) in [6.45, 7) is 4.13. The quantitative estimate of drug-likeness (QED) is 0.889. The topological polar surface area (TPSA) is 26.7 Å². The third-order valence-corrected chi connectivity index (χ3v) is 3.91. The molecule has 0 saturated carbocycles. The molecule has 1 unspecified atom stereocenters. The zero-order valence-electron chi connectivity index (χ0n) is 11.6. The molecule has 100 valence electrons. The average molecular weight is 248 g/mol. The van der Waals surface area contributed by atoms with Gasteiger partial charge in [-0.15, -0.1) is 0 Å². The lowest BCUT2D eigenvalue weighted by Crippen LogP contribution is -2.45. The maximum atomic E-state index is 9.87. The Hall–Kier alpha value is -1.06. The van der Waals surface area contributed by atoms with E-state index in [1.165, 1.54) is 19.4 Å². The van der Waals surface area contributed by atoms with Gasteiger partial charge < -0.3 is 14.9 Å². The molecule has 1 saturated heterocycles. The van der Waals surface area contributed by atoms with Crippen LogP contribution in [0.1, 0.15) is 31.4 Å². The van der Waals surface area contributed by atoms with Crippen molar-refractivity contribution >= 4 is 5.69 Å². The third-order valence-electron chi connectivity index (χ3n) is 3.91. The van der Waals surface area contributed by atoms with Crippen LogP contribution in [0.15, 0.2) is 24.3 Å². The predicted molar refractivity (Wildman–Crippen MR) is 76.0 cm³/mol. The molecule has 1 aromatic carbocycles. The first-order valence-electron chi connectivity index (χ1n) is 6.78. The second-order valence-electron chi connectivity index (χ2n) is 5.40. The minimum Gasteiger partial charge on any atom is -0.389 e. The zero-order valence-corrected chi connectivity index (χ0v) is 11.6. The van der Waals surface area contributed by atoms with Crippen molar-refractivity contribution < 1.29 is 5.11 Å². The van der Waals surface area contributed by atoms with Crippen molar-refractivity contribution in [1.82, 2.24) is 4.90 Å². The fraction of sp³-hybridized carbons (Fsp3) is 0.600. The molecule has 1 aromatic rings. The van der Waals surface area contributed by atoms with E-state index in [-0.39, 0.29) is 0 Å². The molecule has 1 heterocycles. The molecule has 0 bridgehead atoms. The van der Waals surface area contributed by atoms with Crippen molar-refractivity contribution in [3.05, 3.63) is 29.8 Å². The molecule has 0 radical (unpaired) electrons. The number of nitrogens with zero attached hydrogens (tertiary/aromatic N) is 2. The highest BCUT2D eigenvalue weighted by atomic mass is 16.3. The summed E-state index contributed by atoms with van der Waals surface area (Å²) >= 11 is 0. The number of likely N-dealkylation sites (tertiary alicyclic amines) is 1. The van der Waals surface area contributed by atoms with Gasteiger partial charge in [0.25, 0.3) is 0 Å². The first kappa shape index (κ1) is 13.4. The Morgan fingerprint density at radius 1 is 1.39 bits per heavy atom. The molecule has 18 heavy (non-hydrogen) atoms. The highest BCUT2D eigenvalue weighted by molar-refractivity contribution is 5.54. The molecule has 1 fully saturated rings. The van der Waals surface area contributed by atoms with Gasteiger partial charge in [-0.2, -0.15) is 0 Å². The number of aliphatic hydroxyl groups is 1. The molecule has 0 aromatic heterocycles. The molecule has 1 aliphatic rings. The summed E-state index contributed by atoms with van der Waals surface area (Å²) in [4.78, 5) is 4.72. The number of anilines is 1. The first-order valence-corrected chi connectivity index (χ1v) is 6.78. The molecular weight excluding hydrogens is 224 g/mol.